The summed E-state index contributed by atoms with van der Waals surface area (Å²) in [6, 6.07) is 8.04. The number of nitrogens with one attached hydrogen (secondary N) is 2. The van der Waals surface area contributed by atoms with Gasteiger partial charge >= 0.3 is 0 Å². The minimum absolute atomic E-state index is 0.146. The molecule has 0 atom stereocenters. The lowest BCUT2D eigenvalue weighted by Gasteiger charge is -2.06. The maximum Gasteiger partial charge on any atom is 0.264 e. The summed E-state index contributed by atoms with van der Waals surface area (Å²) in [6.07, 6.45) is 2.78. The van der Waals surface area contributed by atoms with Gasteiger partial charge in [0.1, 0.15) is 10.0 Å². The van der Waals surface area contributed by atoms with Gasteiger partial charge in [-0.2, -0.15) is 0 Å². The molecule has 0 saturated carbocycles. The number of rotatable bonds is 3. The third kappa shape index (κ3) is 2.65. The number of nitrogens with two attached hydrogens (primary N) is 1. The number of nitrogen functional groups attached to an aromatic ring is 1. The molecule has 108 valence electrons. The van der Waals surface area contributed by atoms with Crippen LogP contribution in [0.5, 0.6) is 0 Å². The van der Waals surface area contributed by atoms with E-state index in [2.05, 4.69) is 14.7 Å². The molecule has 0 aliphatic carbocycles. The quantitative estimate of drug-likeness (QED) is 0.509. The van der Waals surface area contributed by atoms with E-state index in [4.69, 9.17) is 17.3 Å². The number of hydrogen-bond acceptors (Lipinski definition) is 4. The molecule has 0 unspecified atom stereocenters. The number of aromatic nitrogens is 2. The van der Waals surface area contributed by atoms with Crippen LogP contribution in [0.4, 0.5) is 11.4 Å². The van der Waals surface area contributed by atoms with Crippen LogP contribution in [-0.4, -0.2) is 18.4 Å². The molecule has 0 aliphatic rings. The number of hydrogen-bond donors (Lipinski definition) is 3. The van der Waals surface area contributed by atoms with Gasteiger partial charge in [-0.25, -0.2) is 13.4 Å². The summed E-state index contributed by atoms with van der Waals surface area (Å²) in [5, 5.41) is 0.860. The van der Waals surface area contributed by atoms with Gasteiger partial charge < -0.3 is 10.7 Å². The minimum Gasteiger partial charge on any atom is -0.399 e. The van der Waals surface area contributed by atoms with Crippen LogP contribution < -0.4 is 10.5 Å². The van der Waals surface area contributed by atoms with E-state index in [1.165, 1.54) is 18.5 Å². The van der Waals surface area contributed by atoms with Crippen LogP contribution in [-0.2, 0) is 10.0 Å². The van der Waals surface area contributed by atoms with Gasteiger partial charge in [0.05, 0.1) is 11.9 Å². The lowest BCUT2D eigenvalue weighted by molar-refractivity contribution is 0.602. The van der Waals surface area contributed by atoms with E-state index in [9.17, 15) is 8.42 Å². The average molecular weight is 323 g/mol. The molecule has 0 fully saturated rings. The van der Waals surface area contributed by atoms with Crippen molar-refractivity contribution in [1.82, 2.24) is 9.97 Å². The fourth-order valence-electron chi connectivity index (χ4n) is 1.99. The molecule has 3 rings (SSSR count). The number of benzene rings is 1. The monoisotopic (exact) mass is 322 g/mol. The normalized spacial score (nSPS) is 11.7. The molecule has 2 aromatic heterocycles. The average Bonchev–Trinajstić information content (AvgIpc) is 2.85. The summed E-state index contributed by atoms with van der Waals surface area (Å²) in [5.74, 6) is 0. The van der Waals surface area contributed by atoms with E-state index in [1.54, 1.807) is 24.3 Å². The van der Waals surface area contributed by atoms with Crippen molar-refractivity contribution >= 4 is 43.9 Å². The molecule has 0 radical (unpaired) electrons. The molecule has 8 heteroatoms. The van der Waals surface area contributed by atoms with Gasteiger partial charge in [-0.3, -0.25) is 4.72 Å². The van der Waals surface area contributed by atoms with Gasteiger partial charge in [-0.15, -0.1) is 0 Å². The van der Waals surface area contributed by atoms with Crippen LogP contribution in [0.25, 0.3) is 10.9 Å². The summed E-state index contributed by atoms with van der Waals surface area (Å²) >= 11 is 5.67. The number of sulfonamides is 1. The van der Waals surface area contributed by atoms with Crippen molar-refractivity contribution in [2.75, 3.05) is 10.5 Å². The van der Waals surface area contributed by atoms with Crippen molar-refractivity contribution in [1.29, 1.82) is 0 Å². The first kappa shape index (κ1) is 13.7. The lowest BCUT2D eigenvalue weighted by Crippen LogP contribution is -2.12. The van der Waals surface area contributed by atoms with Crippen LogP contribution in [0.1, 0.15) is 0 Å². The fourth-order valence-corrected chi connectivity index (χ4v) is 3.32. The lowest BCUT2D eigenvalue weighted by atomic mass is 10.2. The molecule has 2 heterocycles. The Kier molecular flexibility index (Phi) is 3.23. The highest BCUT2D eigenvalue weighted by Crippen LogP contribution is 2.26. The third-order valence-corrected chi connectivity index (χ3v) is 4.58. The molecule has 1 aromatic carbocycles. The summed E-state index contributed by atoms with van der Waals surface area (Å²) in [7, 11) is -3.73. The Morgan fingerprint density at radius 3 is 2.76 bits per heavy atom. The van der Waals surface area contributed by atoms with Crippen molar-refractivity contribution in [3.05, 3.63) is 47.9 Å². The van der Waals surface area contributed by atoms with E-state index in [1.807, 2.05) is 0 Å². The molecule has 21 heavy (non-hydrogen) atoms. The first-order valence-electron chi connectivity index (χ1n) is 5.97. The fraction of sp³-hybridized carbons (Fsp3) is 0. The van der Waals surface area contributed by atoms with Crippen LogP contribution in [0.15, 0.2) is 47.6 Å². The third-order valence-electron chi connectivity index (χ3n) is 2.94. The van der Waals surface area contributed by atoms with Gasteiger partial charge in [0, 0.05) is 22.8 Å². The highest BCUT2D eigenvalue weighted by atomic mass is 35.5. The van der Waals surface area contributed by atoms with Crippen molar-refractivity contribution in [2.45, 2.75) is 4.90 Å². The Morgan fingerprint density at radius 2 is 2.05 bits per heavy atom. The minimum atomic E-state index is -3.73. The van der Waals surface area contributed by atoms with Crippen LogP contribution in [0.2, 0.25) is 5.15 Å². The number of halogens is 1. The SMILES string of the molecule is Nc1ccc2c(S(=O)(=O)Nc3ccc(Cl)nc3)c[nH]c2c1. The molecule has 4 N–H and O–H groups in total. The number of pyridine rings is 1. The Balaban J connectivity index is 2.02. The highest BCUT2D eigenvalue weighted by Gasteiger charge is 2.19. The molecule has 0 spiro atoms. The second kappa shape index (κ2) is 4.94. The summed E-state index contributed by atoms with van der Waals surface area (Å²) in [6.45, 7) is 0. The maximum atomic E-state index is 12.4. The van der Waals surface area contributed by atoms with E-state index in [0.717, 1.165) is 0 Å². The zero-order valence-corrected chi connectivity index (χ0v) is 12.2. The van der Waals surface area contributed by atoms with E-state index >= 15 is 0 Å². The second-order valence-corrected chi connectivity index (χ2v) is 6.47. The van der Waals surface area contributed by atoms with Crippen molar-refractivity contribution in [3.8, 4) is 0 Å². The van der Waals surface area contributed by atoms with Gasteiger partial charge in [0.15, 0.2) is 0 Å². The Morgan fingerprint density at radius 1 is 1.24 bits per heavy atom. The van der Waals surface area contributed by atoms with Crippen molar-refractivity contribution < 1.29 is 8.42 Å². The van der Waals surface area contributed by atoms with Crippen LogP contribution in [0, 0.1) is 0 Å². The molecule has 0 saturated heterocycles. The van der Waals surface area contributed by atoms with Gasteiger partial charge in [-0.05, 0) is 30.3 Å². The molecule has 0 bridgehead atoms. The molecular weight excluding hydrogens is 312 g/mol. The first-order valence-corrected chi connectivity index (χ1v) is 7.83. The molecule has 0 amide bonds. The number of nitrogens with zero attached hydrogens (tertiary/aromatic N) is 1. The zero-order valence-electron chi connectivity index (χ0n) is 10.7. The number of H-pyrrole nitrogens is 1. The van der Waals surface area contributed by atoms with Gasteiger partial charge in [-0.1, -0.05) is 11.6 Å². The molecule has 3 aromatic rings. The summed E-state index contributed by atoms with van der Waals surface area (Å²) in [4.78, 5) is 6.87. The standard InChI is InChI=1S/C13H11ClN4O2S/c14-13-4-2-9(6-17-13)18-21(19,20)12-7-16-11-5-8(15)1-3-10(11)12/h1-7,16,18H,15H2. The van der Waals surface area contributed by atoms with E-state index in [-0.39, 0.29) is 4.90 Å². The second-order valence-electron chi connectivity index (χ2n) is 4.43. The zero-order chi connectivity index (χ0) is 15.0. The van der Waals surface area contributed by atoms with E-state index in [0.29, 0.717) is 27.4 Å². The predicted molar refractivity (Wildman–Crippen MR) is 82.8 cm³/mol. The largest absolute Gasteiger partial charge is 0.399 e. The molecular formula is C13H11ClN4O2S. The Labute approximate surface area is 126 Å². The summed E-state index contributed by atoms with van der Waals surface area (Å²) < 4.78 is 27.3. The van der Waals surface area contributed by atoms with Crippen LogP contribution in [0.3, 0.4) is 0 Å². The van der Waals surface area contributed by atoms with Gasteiger partial charge in [0.25, 0.3) is 10.0 Å². The number of anilines is 2. The topological polar surface area (TPSA) is 101 Å². The summed E-state index contributed by atoms with van der Waals surface area (Å²) in [5.41, 5.74) is 7.23. The van der Waals surface area contributed by atoms with Crippen LogP contribution >= 0.6 is 11.6 Å². The molecule has 0 aliphatic heterocycles. The molecule has 6 nitrogen and oxygen atoms in total. The van der Waals surface area contributed by atoms with Crippen molar-refractivity contribution in [3.63, 3.8) is 0 Å². The predicted octanol–water partition coefficient (Wildman–Crippen LogP) is 2.60. The first-order chi connectivity index (χ1) is 9.95. The highest BCUT2D eigenvalue weighted by molar-refractivity contribution is 7.93. The number of fused-ring (bicyclic) bond motifs is 1. The number of aromatic amines is 1. The smallest absolute Gasteiger partial charge is 0.264 e. The Hall–Kier alpha value is -2.25. The van der Waals surface area contributed by atoms with E-state index < -0.39 is 10.0 Å². The maximum absolute atomic E-state index is 12.4. The Bertz CT molecular complexity index is 904. The van der Waals surface area contributed by atoms with Gasteiger partial charge in [0.2, 0.25) is 0 Å². The van der Waals surface area contributed by atoms with Crippen molar-refractivity contribution in [2.24, 2.45) is 0 Å².